The van der Waals surface area contributed by atoms with Crippen molar-refractivity contribution in [3.8, 4) is 6.01 Å². The van der Waals surface area contributed by atoms with Crippen LogP contribution in [0.15, 0.2) is 47.4 Å². The summed E-state index contributed by atoms with van der Waals surface area (Å²) in [6.07, 6.45) is 1.56. The van der Waals surface area contributed by atoms with Crippen LogP contribution in [0.3, 0.4) is 0 Å². The van der Waals surface area contributed by atoms with Gasteiger partial charge in [-0.1, -0.05) is 19.7 Å². The van der Waals surface area contributed by atoms with E-state index in [1.54, 1.807) is 0 Å². The summed E-state index contributed by atoms with van der Waals surface area (Å²) in [6.45, 7) is 9.43. The first-order valence-corrected chi connectivity index (χ1v) is 20.9. The zero-order valence-electron chi connectivity index (χ0n) is 26.8. The minimum atomic E-state index is -3.66. The summed E-state index contributed by atoms with van der Waals surface area (Å²) in [5.41, 5.74) is 0. The topological polar surface area (TPSA) is 315 Å². The van der Waals surface area contributed by atoms with Crippen molar-refractivity contribution in [3.05, 3.63) is 58.0 Å². The number of nitrogens with one attached hydrogen (secondary N) is 4. The average Bonchev–Trinajstić information content (AvgIpc) is 3.11. The molecule has 1 aromatic heterocycles. The molecule has 0 saturated heterocycles. The molecular weight excluding hydrogens is 816 g/mol. The van der Waals surface area contributed by atoms with Gasteiger partial charge in [0.1, 0.15) is 23.0 Å². The second-order valence-electron chi connectivity index (χ2n) is 9.24. The van der Waals surface area contributed by atoms with Crippen molar-refractivity contribution in [1.82, 2.24) is 36.2 Å². The Morgan fingerprint density at radius 2 is 1.22 bits per heavy atom. The number of sulfone groups is 4. The Hall–Kier alpha value is -2.97. The summed E-state index contributed by atoms with van der Waals surface area (Å²) >= 11 is 10.4. The van der Waals surface area contributed by atoms with E-state index in [0.29, 0.717) is 22.6 Å². The van der Waals surface area contributed by atoms with Gasteiger partial charge in [0.2, 0.25) is 34.2 Å². The van der Waals surface area contributed by atoms with E-state index in [9.17, 15) is 58.0 Å². The van der Waals surface area contributed by atoms with Crippen LogP contribution in [-0.4, -0.2) is 121 Å². The molecule has 20 nitrogen and oxygen atoms in total. The molecule has 1 aliphatic rings. The molecule has 1 aromatic rings. The van der Waals surface area contributed by atoms with E-state index in [1.165, 1.54) is 6.08 Å². The Morgan fingerprint density at radius 1 is 0.824 bits per heavy atom. The summed E-state index contributed by atoms with van der Waals surface area (Å²) in [4.78, 5) is 54.7. The first-order valence-electron chi connectivity index (χ1n) is 13.2. The van der Waals surface area contributed by atoms with E-state index in [1.807, 2.05) is 0 Å². The van der Waals surface area contributed by atoms with E-state index in [-0.39, 0.29) is 59.8 Å². The molecule has 2 heterocycles. The van der Waals surface area contributed by atoms with Crippen LogP contribution >= 0.6 is 23.2 Å². The monoisotopic (exact) mass is 847 g/mol. The molecule has 27 heteroatoms. The Labute approximate surface area is 326 Å². The van der Waals surface area contributed by atoms with Gasteiger partial charge < -0.3 is 26.4 Å². The first kappa shape index (κ1) is 50.1. The van der Waals surface area contributed by atoms with Gasteiger partial charge in [-0.05, 0) is 35.7 Å². The number of rotatable bonds is 15. The van der Waals surface area contributed by atoms with Crippen molar-refractivity contribution < 1.29 is 87.5 Å². The number of carbonyl (C=O) groups excluding carboxylic acids is 4. The van der Waals surface area contributed by atoms with Gasteiger partial charge in [0, 0.05) is 41.3 Å². The van der Waals surface area contributed by atoms with Gasteiger partial charge in [0.15, 0.2) is 39.3 Å². The van der Waals surface area contributed by atoms with Crippen molar-refractivity contribution >= 4 is 86.2 Å². The van der Waals surface area contributed by atoms with Crippen LogP contribution in [0, 0.1) is 0 Å². The van der Waals surface area contributed by atoms with Crippen LogP contribution in [0.2, 0.25) is 10.6 Å². The molecule has 4 amide bonds. The maximum Gasteiger partial charge on any atom is 1.00 e. The second-order valence-corrected chi connectivity index (χ2v) is 17.7. The molecule has 1 atom stereocenters. The van der Waals surface area contributed by atoms with Gasteiger partial charge in [-0.25, -0.2) is 43.6 Å². The molecule has 1 aliphatic heterocycles. The zero-order chi connectivity index (χ0) is 38.8. The minimum absolute atomic E-state index is 0. The van der Waals surface area contributed by atoms with Crippen molar-refractivity contribution in [3.63, 3.8) is 0 Å². The van der Waals surface area contributed by atoms with E-state index in [0.717, 1.165) is 5.41 Å². The molecule has 0 radical (unpaired) electrons. The number of amides is 4. The minimum Gasteiger partial charge on any atom is -0.844 e. The first-order chi connectivity index (χ1) is 22.9. The molecular formula is C24H32Cl2N7NaO13S4. The number of hydrogen-bond donors (Lipinski definition) is 4. The Balaban J connectivity index is 0. The third-order valence-corrected chi connectivity index (χ3v) is 10.1. The summed E-state index contributed by atoms with van der Waals surface area (Å²) < 4.78 is 88.9. The third-order valence-electron chi connectivity index (χ3n) is 5.03. The van der Waals surface area contributed by atoms with E-state index in [4.69, 9.17) is 23.2 Å². The predicted octanol–water partition coefficient (Wildman–Crippen LogP) is -5.93. The average molecular weight is 849 g/mol. The molecule has 280 valence electrons. The molecule has 4 N–H and O–H groups in total. The van der Waals surface area contributed by atoms with Gasteiger partial charge in [0.25, 0.3) is 0 Å². The summed E-state index contributed by atoms with van der Waals surface area (Å²) in [5, 5.41) is 22.3. The summed E-state index contributed by atoms with van der Waals surface area (Å²) in [6, 6.07) is -1.44. The maximum absolute atomic E-state index is 11.4. The van der Waals surface area contributed by atoms with E-state index >= 15 is 0 Å². The van der Waals surface area contributed by atoms with Gasteiger partial charge in [-0.15, -0.1) is 0 Å². The molecule has 0 aliphatic carbocycles. The summed E-state index contributed by atoms with van der Waals surface area (Å²) in [5.74, 6) is -5.56. The standard InChI is InChI=1S/C11H18N2O6S2.C10H14N2O6S2.C3HCl2N3O.Na/c1-3-20(16,17)8-10(14)12-6-5-7-13-11(15)9-21(18,19)4-2;1-2-19(15,16)6-9(13)11-5-8-3-4-20(17,18)7-10(14)12-8;4-1-6-2(5)8-3(9)7-1;/h3-4H,1-2,5-9H2,(H,12,14)(H,13,15);2-4,8H,1,5-7H2,(H,11,13)(H,12,14);(H,6,7,8,9);/q;;;+1/p-1. The van der Waals surface area contributed by atoms with Crippen molar-refractivity contribution in [2.75, 3.05) is 42.6 Å². The van der Waals surface area contributed by atoms with Gasteiger partial charge >= 0.3 is 29.6 Å². The number of halogens is 2. The third kappa shape index (κ3) is 25.6. The molecule has 0 aromatic carbocycles. The number of nitrogens with zero attached hydrogens (tertiary/aromatic N) is 3. The molecule has 1 unspecified atom stereocenters. The maximum atomic E-state index is 11.4. The number of hydrogen-bond acceptors (Lipinski definition) is 16. The van der Waals surface area contributed by atoms with Crippen LogP contribution in [0.25, 0.3) is 0 Å². The molecule has 2 rings (SSSR count). The van der Waals surface area contributed by atoms with Crippen molar-refractivity contribution in [2.24, 2.45) is 0 Å². The molecule has 51 heavy (non-hydrogen) atoms. The fourth-order valence-corrected chi connectivity index (χ4v) is 5.89. The second kappa shape index (κ2) is 23.6. The Kier molecular flexibility index (Phi) is 23.2. The zero-order valence-corrected chi connectivity index (χ0v) is 33.6. The van der Waals surface area contributed by atoms with Crippen molar-refractivity contribution in [2.45, 2.75) is 12.5 Å². The predicted molar refractivity (Wildman–Crippen MR) is 180 cm³/mol. The van der Waals surface area contributed by atoms with Gasteiger partial charge in [0.05, 0.1) is 12.1 Å². The summed E-state index contributed by atoms with van der Waals surface area (Å²) in [7, 11) is -14.4. The fourth-order valence-electron chi connectivity index (χ4n) is 2.82. The molecule has 0 bridgehead atoms. The fraction of sp³-hybridized carbons (Fsp3) is 0.375. The number of aromatic nitrogens is 3. The largest absolute Gasteiger partial charge is 1.00 e. The van der Waals surface area contributed by atoms with E-state index < -0.39 is 98.0 Å². The van der Waals surface area contributed by atoms with Crippen LogP contribution in [-0.2, 0) is 58.5 Å². The smallest absolute Gasteiger partial charge is 0.844 e. The van der Waals surface area contributed by atoms with Crippen LogP contribution in [0.4, 0.5) is 0 Å². The normalized spacial score (nSPS) is 14.9. The van der Waals surface area contributed by atoms with Crippen LogP contribution in [0.1, 0.15) is 6.42 Å². The Morgan fingerprint density at radius 3 is 1.59 bits per heavy atom. The van der Waals surface area contributed by atoms with Crippen LogP contribution in [0.5, 0.6) is 6.01 Å². The quantitative estimate of drug-likeness (QED) is 0.0943. The van der Waals surface area contributed by atoms with Gasteiger partial charge in [-0.3, -0.25) is 19.2 Å². The number of carbonyl (C=O) groups is 4. The van der Waals surface area contributed by atoms with E-state index in [2.05, 4.69) is 56.0 Å². The Bertz CT molecular complexity index is 1810. The van der Waals surface area contributed by atoms with Crippen LogP contribution < -0.4 is 55.9 Å². The van der Waals surface area contributed by atoms with Crippen molar-refractivity contribution in [1.29, 1.82) is 0 Å². The molecule has 0 saturated carbocycles. The molecule has 0 fully saturated rings. The molecule has 0 spiro atoms. The SMILES string of the molecule is C=CS(=O)(=O)CC(=O)NCC1C=CS(=O)(=O)CC(=O)N1.C=CS(=O)(=O)CC(=O)NCCCNC(=O)CS(=O)(=O)C=C.[Na+].[O-]c1nc(Cl)nc(Cl)n1. The van der Waals surface area contributed by atoms with Gasteiger partial charge in [-0.2, -0.15) is 4.98 Å².